The van der Waals surface area contributed by atoms with E-state index in [4.69, 9.17) is 16.2 Å². The molecule has 140 valence electrons. The summed E-state index contributed by atoms with van der Waals surface area (Å²) < 4.78 is 55.5. The normalized spacial score (nSPS) is 15.4. The summed E-state index contributed by atoms with van der Waals surface area (Å²) in [5.41, 5.74) is 11.6. The van der Waals surface area contributed by atoms with E-state index in [-0.39, 0.29) is 29.5 Å². The number of nitrogens with two attached hydrogens (primary N) is 2. The highest BCUT2D eigenvalue weighted by Gasteiger charge is 2.51. The third kappa shape index (κ3) is 4.37. The van der Waals surface area contributed by atoms with Gasteiger partial charge in [0.05, 0.1) is 19.4 Å². The summed E-state index contributed by atoms with van der Waals surface area (Å²) in [7, 11) is -5.19. The number of alkyl halides is 3. The quantitative estimate of drug-likeness (QED) is 0.529. The molecular weight excluding hydrogens is 368 g/mol. The molecule has 6 N–H and O–H groups in total. The van der Waals surface area contributed by atoms with Crippen molar-refractivity contribution in [3.05, 3.63) is 6.33 Å². The third-order valence-corrected chi connectivity index (χ3v) is 4.92. The molecule has 2 rings (SSSR count). The molecule has 0 radical (unpaired) electrons. The monoisotopic (exact) mass is 384 g/mol. The second-order valence-corrected chi connectivity index (χ2v) is 7.47. The molecule has 2 aromatic heterocycles. The number of imidazole rings is 1. The van der Waals surface area contributed by atoms with E-state index >= 15 is 0 Å². The maximum absolute atomic E-state index is 12.6. The Morgan fingerprint density at radius 1 is 1.32 bits per heavy atom. The number of hydrogen-bond donors (Lipinski definition) is 4. The average Bonchev–Trinajstić information content (AvgIpc) is 2.79. The van der Waals surface area contributed by atoms with Crippen LogP contribution in [-0.2, 0) is 15.8 Å². The standard InChI is InChI=1S/C11H16F3N6O4P/c1-10(25(21,22)23,4-11(12,13)14)24-3-2-20-5-17-6-7(15)18-9(16)19-8(6)20/h5H,2-4H2,1H3,(H2,21,22,23)(H4,15,16,18,19). The van der Waals surface area contributed by atoms with Crippen molar-refractivity contribution in [1.82, 2.24) is 19.5 Å². The second-order valence-electron chi connectivity index (χ2n) is 5.44. The summed E-state index contributed by atoms with van der Waals surface area (Å²) >= 11 is 0. The largest absolute Gasteiger partial charge is 0.392 e. The summed E-state index contributed by atoms with van der Waals surface area (Å²) in [5.74, 6) is -0.0934. The minimum absolute atomic E-state index is 0.0271. The Kier molecular flexibility index (Phi) is 4.97. The number of rotatable bonds is 6. The number of hydrogen-bond acceptors (Lipinski definition) is 7. The second kappa shape index (κ2) is 6.41. The lowest BCUT2D eigenvalue weighted by Gasteiger charge is -2.31. The van der Waals surface area contributed by atoms with E-state index in [9.17, 15) is 27.5 Å². The highest BCUT2D eigenvalue weighted by atomic mass is 31.2. The molecule has 25 heavy (non-hydrogen) atoms. The van der Waals surface area contributed by atoms with Gasteiger partial charge in [0.2, 0.25) is 5.95 Å². The number of nitrogen functional groups attached to an aromatic ring is 2. The van der Waals surface area contributed by atoms with Crippen LogP contribution in [0.1, 0.15) is 13.3 Å². The maximum Gasteiger partial charge on any atom is 0.392 e. The topological polar surface area (TPSA) is 162 Å². The first-order chi connectivity index (χ1) is 11.3. The van der Waals surface area contributed by atoms with Gasteiger partial charge in [-0.1, -0.05) is 0 Å². The first-order valence-corrected chi connectivity index (χ1v) is 8.44. The van der Waals surface area contributed by atoms with Crippen LogP contribution in [0, 0.1) is 0 Å². The molecule has 0 spiro atoms. The predicted molar refractivity (Wildman–Crippen MR) is 81.2 cm³/mol. The van der Waals surface area contributed by atoms with Gasteiger partial charge in [0, 0.05) is 6.54 Å². The van der Waals surface area contributed by atoms with Crippen LogP contribution in [0.2, 0.25) is 0 Å². The van der Waals surface area contributed by atoms with Crippen LogP contribution in [0.15, 0.2) is 6.33 Å². The van der Waals surface area contributed by atoms with E-state index in [2.05, 4.69) is 15.0 Å². The minimum Gasteiger partial charge on any atom is -0.382 e. The number of anilines is 2. The van der Waals surface area contributed by atoms with Gasteiger partial charge in [-0.3, -0.25) is 4.57 Å². The SMILES string of the molecule is CC(CC(F)(F)F)(OCCn1cnc2c(N)nc(N)nc21)P(=O)(O)O. The molecule has 0 saturated carbocycles. The van der Waals surface area contributed by atoms with Gasteiger partial charge in [0.1, 0.15) is 5.52 Å². The summed E-state index contributed by atoms with van der Waals surface area (Å²) in [6.45, 7) is 0.193. The highest BCUT2D eigenvalue weighted by Crippen LogP contribution is 2.55. The van der Waals surface area contributed by atoms with Gasteiger partial charge < -0.3 is 30.6 Å². The van der Waals surface area contributed by atoms with Crippen LogP contribution in [-0.4, -0.2) is 47.4 Å². The molecule has 0 aliphatic carbocycles. The molecule has 14 heteroatoms. The van der Waals surface area contributed by atoms with Gasteiger partial charge in [-0.05, 0) is 6.92 Å². The zero-order valence-corrected chi connectivity index (χ0v) is 13.8. The Morgan fingerprint density at radius 2 is 1.96 bits per heavy atom. The molecular formula is C11H16F3N6O4P. The fourth-order valence-electron chi connectivity index (χ4n) is 2.12. The molecule has 0 saturated heterocycles. The van der Waals surface area contributed by atoms with Gasteiger partial charge in [-0.2, -0.15) is 23.1 Å². The van der Waals surface area contributed by atoms with Crippen LogP contribution in [0.5, 0.6) is 0 Å². The molecule has 0 bridgehead atoms. The van der Waals surface area contributed by atoms with Gasteiger partial charge in [0.25, 0.3) is 0 Å². The molecule has 0 aliphatic heterocycles. The van der Waals surface area contributed by atoms with E-state index in [1.165, 1.54) is 10.9 Å². The van der Waals surface area contributed by atoms with Crippen molar-refractivity contribution in [2.24, 2.45) is 0 Å². The van der Waals surface area contributed by atoms with Crippen LogP contribution < -0.4 is 11.5 Å². The number of aromatic nitrogens is 4. The van der Waals surface area contributed by atoms with E-state index in [0.29, 0.717) is 6.92 Å². The Morgan fingerprint density at radius 3 is 2.52 bits per heavy atom. The Labute approximate surface area is 139 Å². The van der Waals surface area contributed by atoms with Gasteiger partial charge in [-0.15, -0.1) is 0 Å². The molecule has 2 heterocycles. The smallest absolute Gasteiger partial charge is 0.382 e. The van der Waals surface area contributed by atoms with Crippen LogP contribution in [0.3, 0.4) is 0 Å². The van der Waals surface area contributed by atoms with E-state index in [1.807, 2.05) is 0 Å². The van der Waals surface area contributed by atoms with Crippen molar-refractivity contribution < 1.29 is 32.3 Å². The number of halogens is 3. The lowest BCUT2D eigenvalue weighted by atomic mass is 10.2. The fraction of sp³-hybridized carbons (Fsp3) is 0.545. The summed E-state index contributed by atoms with van der Waals surface area (Å²) in [4.78, 5) is 30.0. The van der Waals surface area contributed by atoms with E-state index in [1.54, 1.807) is 0 Å². The summed E-state index contributed by atoms with van der Waals surface area (Å²) in [6.07, 6.45) is -5.32. The average molecular weight is 384 g/mol. The minimum atomic E-state index is -5.19. The molecule has 0 aliphatic rings. The lowest BCUT2D eigenvalue weighted by molar-refractivity contribution is -0.170. The number of nitrogens with zero attached hydrogens (tertiary/aromatic N) is 4. The predicted octanol–water partition coefficient (Wildman–Crippen LogP) is 0.854. The molecule has 1 unspecified atom stereocenters. The molecule has 2 aromatic rings. The van der Waals surface area contributed by atoms with Crippen molar-refractivity contribution in [1.29, 1.82) is 0 Å². The third-order valence-electron chi connectivity index (χ3n) is 3.40. The highest BCUT2D eigenvalue weighted by molar-refractivity contribution is 7.53. The number of fused-ring (bicyclic) bond motifs is 1. The van der Waals surface area contributed by atoms with Gasteiger partial charge in [0.15, 0.2) is 16.8 Å². The zero-order valence-electron chi connectivity index (χ0n) is 12.9. The van der Waals surface area contributed by atoms with Gasteiger partial charge >= 0.3 is 13.8 Å². The lowest BCUT2D eigenvalue weighted by Crippen LogP contribution is -2.35. The first-order valence-electron chi connectivity index (χ1n) is 6.82. The summed E-state index contributed by atoms with van der Waals surface area (Å²) in [5, 5.41) is -2.70. The van der Waals surface area contributed by atoms with Crippen molar-refractivity contribution in [3.63, 3.8) is 0 Å². The maximum atomic E-state index is 12.6. The van der Waals surface area contributed by atoms with Crippen molar-refractivity contribution in [2.45, 2.75) is 31.4 Å². The van der Waals surface area contributed by atoms with E-state index in [0.717, 1.165) is 0 Å². The fourth-order valence-corrected chi connectivity index (χ4v) is 2.77. The molecule has 0 fully saturated rings. The summed E-state index contributed by atoms with van der Waals surface area (Å²) in [6, 6.07) is 0. The van der Waals surface area contributed by atoms with Crippen LogP contribution in [0.25, 0.3) is 11.2 Å². The molecule has 1 atom stereocenters. The van der Waals surface area contributed by atoms with E-state index < -0.39 is 32.1 Å². The molecule has 0 amide bonds. The van der Waals surface area contributed by atoms with Crippen molar-refractivity contribution in [3.8, 4) is 0 Å². The Bertz CT molecular complexity index is 822. The first kappa shape index (κ1) is 19.4. The zero-order chi connectivity index (χ0) is 19.0. The van der Waals surface area contributed by atoms with Crippen LogP contribution in [0.4, 0.5) is 24.9 Å². The van der Waals surface area contributed by atoms with Crippen molar-refractivity contribution in [2.75, 3.05) is 18.1 Å². The number of ether oxygens (including phenoxy) is 1. The molecule has 0 aromatic carbocycles. The Hall–Kier alpha value is -1.95. The van der Waals surface area contributed by atoms with Gasteiger partial charge in [-0.25, -0.2) is 4.98 Å². The Balaban J connectivity index is 2.17. The molecule has 10 nitrogen and oxygen atoms in total. The van der Waals surface area contributed by atoms with Crippen molar-refractivity contribution >= 4 is 30.5 Å². The van der Waals surface area contributed by atoms with Crippen LogP contribution >= 0.6 is 7.60 Å².